The highest BCUT2D eigenvalue weighted by Gasteiger charge is 2.17. The summed E-state index contributed by atoms with van der Waals surface area (Å²) in [5.74, 6) is 1.08. The van der Waals surface area contributed by atoms with Crippen LogP contribution in [-0.4, -0.2) is 20.8 Å². The van der Waals surface area contributed by atoms with Crippen molar-refractivity contribution in [3.8, 4) is 34.3 Å². The van der Waals surface area contributed by atoms with Gasteiger partial charge in [-0.15, -0.1) is 0 Å². The zero-order valence-electron chi connectivity index (χ0n) is 18.0. The van der Waals surface area contributed by atoms with Crippen molar-refractivity contribution >= 4 is 10.8 Å². The largest absolute Gasteiger partial charge is 0.491 e. The molecule has 33 heavy (non-hydrogen) atoms. The predicted molar refractivity (Wildman–Crippen MR) is 124 cm³/mol. The van der Waals surface area contributed by atoms with Crippen LogP contribution in [0.15, 0.2) is 88.3 Å². The Bertz CT molecular complexity index is 1490. The van der Waals surface area contributed by atoms with Crippen molar-refractivity contribution in [2.75, 3.05) is 0 Å². The van der Waals surface area contributed by atoms with E-state index in [1.807, 2.05) is 50.2 Å². The molecule has 0 bridgehead atoms. The molecule has 5 rings (SSSR count). The minimum absolute atomic E-state index is 0.0812. The maximum absolute atomic E-state index is 13.4. The first-order chi connectivity index (χ1) is 16.0. The molecule has 0 aliphatic heterocycles. The number of hydrogen-bond donors (Lipinski definition) is 0. The quantitative estimate of drug-likeness (QED) is 0.353. The lowest BCUT2D eigenvalue weighted by Crippen LogP contribution is -2.18. The monoisotopic (exact) mass is 441 g/mol. The standard InChI is InChI=1S/C26H20FN3O3/c1-16(2)32-20-13-7-17(8-14-20)24-28-25(33-29-24)23-15-30(19-11-9-18(27)10-12-19)26(31)22-6-4-3-5-21(22)23/h3-16H,1-2H3. The molecule has 0 fully saturated rings. The summed E-state index contributed by atoms with van der Waals surface area (Å²) < 4.78 is 26.2. The highest BCUT2D eigenvalue weighted by molar-refractivity contribution is 5.94. The van der Waals surface area contributed by atoms with Crippen LogP contribution < -0.4 is 10.3 Å². The van der Waals surface area contributed by atoms with Crippen molar-refractivity contribution in [2.24, 2.45) is 0 Å². The van der Waals surface area contributed by atoms with Crippen LogP contribution in [0, 0.1) is 5.82 Å². The lowest BCUT2D eigenvalue weighted by molar-refractivity contribution is 0.242. The van der Waals surface area contributed by atoms with Crippen LogP contribution in [0.3, 0.4) is 0 Å². The van der Waals surface area contributed by atoms with Crippen molar-refractivity contribution in [1.82, 2.24) is 14.7 Å². The third-order valence-corrected chi connectivity index (χ3v) is 5.17. The van der Waals surface area contributed by atoms with Gasteiger partial charge in [-0.25, -0.2) is 4.39 Å². The molecular weight excluding hydrogens is 421 g/mol. The molecule has 3 aromatic carbocycles. The van der Waals surface area contributed by atoms with E-state index in [1.54, 1.807) is 30.5 Å². The molecule has 0 unspecified atom stereocenters. The Morgan fingerprint density at radius 1 is 0.939 bits per heavy atom. The van der Waals surface area contributed by atoms with E-state index in [9.17, 15) is 9.18 Å². The molecule has 0 amide bonds. The Kier molecular flexibility index (Phi) is 5.22. The molecule has 0 spiro atoms. The van der Waals surface area contributed by atoms with Crippen LogP contribution in [0.1, 0.15) is 13.8 Å². The lowest BCUT2D eigenvalue weighted by atomic mass is 10.1. The number of aromatic nitrogens is 3. The second-order valence-corrected chi connectivity index (χ2v) is 7.85. The SMILES string of the molecule is CC(C)Oc1ccc(-c2noc(-c3cn(-c4ccc(F)cc4)c(=O)c4ccccc34)n2)cc1. The number of nitrogens with zero attached hydrogens (tertiary/aromatic N) is 3. The van der Waals surface area contributed by atoms with Gasteiger partial charge >= 0.3 is 0 Å². The van der Waals surface area contributed by atoms with Gasteiger partial charge in [-0.1, -0.05) is 23.4 Å². The normalized spacial score (nSPS) is 11.3. The molecular formula is C26H20FN3O3. The van der Waals surface area contributed by atoms with Crippen LogP contribution in [-0.2, 0) is 0 Å². The number of ether oxygens (including phenoxy) is 1. The third-order valence-electron chi connectivity index (χ3n) is 5.17. The van der Waals surface area contributed by atoms with Gasteiger partial charge in [-0.3, -0.25) is 9.36 Å². The number of fused-ring (bicyclic) bond motifs is 1. The smallest absolute Gasteiger partial charge is 0.262 e. The second-order valence-electron chi connectivity index (χ2n) is 7.85. The van der Waals surface area contributed by atoms with E-state index >= 15 is 0 Å². The van der Waals surface area contributed by atoms with Crippen LogP contribution in [0.25, 0.3) is 39.3 Å². The van der Waals surface area contributed by atoms with Gasteiger partial charge in [0.05, 0.1) is 11.7 Å². The Labute approximate surface area is 188 Å². The second kappa shape index (κ2) is 8.35. The minimum atomic E-state index is -0.376. The molecule has 2 heterocycles. The van der Waals surface area contributed by atoms with E-state index in [0.717, 1.165) is 11.3 Å². The van der Waals surface area contributed by atoms with Gasteiger partial charge in [0.25, 0.3) is 11.4 Å². The van der Waals surface area contributed by atoms with E-state index in [1.165, 1.54) is 16.7 Å². The summed E-state index contributed by atoms with van der Waals surface area (Å²) in [7, 11) is 0. The average molecular weight is 441 g/mol. The van der Waals surface area contributed by atoms with Crippen LogP contribution in [0.4, 0.5) is 4.39 Å². The first-order valence-corrected chi connectivity index (χ1v) is 10.5. The summed E-state index contributed by atoms with van der Waals surface area (Å²) in [4.78, 5) is 17.7. The zero-order valence-corrected chi connectivity index (χ0v) is 18.0. The van der Waals surface area contributed by atoms with Crippen molar-refractivity contribution in [3.05, 3.63) is 95.2 Å². The highest BCUT2D eigenvalue weighted by atomic mass is 19.1. The van der Waals surface area contributed by atoms with Crippen LogP contribution in [0.5, 0.6) is 5.75 Å². The van der Waals surface area contributed by atoms with Crippen LogP contribution >= 0.6 is 0 Å². The molecule has 0 aliphatic rings. The maximum Gasteiger partial charge on any atom is 0.262 e. The average Bonchev–Trinajstić information content (AvgIpc) is 3.30. The first-order valence-electron chi connectivity index (χ1n) is 10.5. The maximum atomic E-state index is 13.4. The molecule has 164 valence electrons. The number of pyridine rings is 1. The number of hydrogen-bond acceptors (Lipinski definition) is 5. The molecule has 0 saturated carbocycles. The summed E-state index contributed by atoms with van der Waals surface area (Å²) in [5, 5.41) is 5.32. The van der Waals surface area contributed by atoms with Crippen molar-refractivity contribution in [3.63, 3.8) is 0 Å². The minimum Gasteiger partial charge on any atom is -0.491 e. The molecule has 7 heteroatoms. The van der Waals surface area contributed by atoms with Gasteiger partial charge in [-0.05, 0) is 68.4 Å². The Morgan fingerprint density at radius 3 is 2.33 bits per heavy atom. The Hall–Kier alpha value is -4.26. The van der Waals surface area contributed by atoms with Crippen LogP contribution in [0.2, 0.25) is 0 Å². The molecule has 0 N–H and O–H groups in total. The van der Waals surface area contributed by atoms with Crippen molar-refractivity contribution in [2.45, 2.75) is 20.0 Å². The fourth-order valence-electron chi connectivity index (χ4n) is 3.66. The van der Waals surface area contributed by atoms with E-state index in [2.05, 4.69) is 10.1 Å². The fourth-order valence-corrected chi connectivity index (χ4v) is 3.66. The zero-order chi connectivity index (χ0) is 22.9. The van der Waals surface area contributed by atoms with E-state index in [4.69, 9.17) is 9.26 Å². The molecule has 0 atom stereocenters. The summed E-state index contributed by atoms with van der Waals surface area (Å²) in [6.07, 6.45) is 1.73. The van der Waals surface area contributed by atoms with Crippen molar-refractivity contribution < 1.29 is 13.7 Å². The van der Waals surface area contributed by atoms with Gasteiger partial charge in [-0.2, -0.15) is 4.98 Å². The summed E-state index contributed by atoms with van der Waals surface area (Å²) in [5.41, 5.74) is 1.70. The molecule has 5 aromatic rings. The molecule has 2 aromatic heterocycles. The molecule has 0 saturated heterocycles. The van der Waals surface area contributed by atoms with E-state index in [-0.39, 0.29) is 23.4 Å². The molecule has 0 aliphatic carbocycles. The topological polar surface area (TPSA) is 70.2 Å². The van der Waals surface area contributed by atoms with Gasteiger partial charge in [0, 0.05) is 28.2 Å². The number of benzene rings is 3. The Morgan fingerprint density at radius 2 is 1.64 bits per heavy atom. The first kappa shape index (κ1) is 20.6. The number of rotatable bonds is 5. The lowest BCUT2D eigenvalue weighted by Gasteiger charge is -2.10. The fraction of sp³-hybridized carbons (Fsp3) is 0.115. The van der Waals surface area contributed by atoms with Gasteiger partial charge in [0.1, 0.15) is 11.6 Å². The van der Waals surface area contributed by atoms with E-state index in [0.29, 0.717) is 27.8 Å². The predicted octanol–water partition coefficient (Wildman–Crippen LogP) is 5.63. The Balaban J connectivity index is 1.60. The third kappa shape index (κ3) is 4.01. The summed E-state index contributed by atoms with van der Waals surface area (Å²) >= 11 is 0. The molecule has 6 nitrogen and oxygen atoms in total. The van der Waals surface area contributed by atoms with Gasteiger partial charge < -0.3 is 9.26 Å². The van der Waals surface area contributed by atoms with Gasteiger partial charge in [0.2, 0.25) is 5.82 Å². The van der Waals surface area contributed by atoms with E-state index < -0.39 is 0 Å². The summed E-state index contributed by atoms with van der Waals surface area (Å²) in [6, 6.07) is 20.4. The summed E-state index contributed by atoms with van der Waals surface area (Å²) in [6.45, 7) is 3.93. The van der Waals surface area contributed by atoms with Gasteiger partial charge in [0.15, 0.2) is 0 Å². The number of halogens is 1. The molecule has 0 radical (unpaired) electrons. The highest BCUT2D eigenvalue weighted by Crippen LogP contribution is 2.29. The van der Waals surface area contributed by atoms with Crippen molar-refractivity contribution in [1.29, 1.82) is 0 Å².